The second kappa shape index (κ2) is 6.44. The molecule has 1 N–H and O–H groups in total. The maximum Gasteiger partial charge on any atom is 0.0605 e. The highest BCUT2D eigenvalue weighted by Gasteiger charge is 2.20. The van der Waals surface area contributed by atoms with Crippen LogP contribution in [0.5, 0.6) is 0 Å². The molecule has 1 unspecified atom stereocenters. The van der Waals surface area contributed by atoms with E-state index in [1.807, 2.05) is 25.2 Å². The fourth-order valence-corrected chi connectivity index (χ4v) is 2.29. The van der Waals surface area contributed by atoms with Gasteiger partial charge in [0.1, 0.15) is 0 Å². The van der Waals surface area contributed by atoms with Gasteiger partial charge in [0.25, 0.3) is 0 Å². The first-order chi connectivity index (χ1) is 8.38. The summed E-state index contributed by atoms with van der Waals surface area (Å²) in [6.07, 6.45) is 1.30. The Morgan fingerprint density at radius 2 is 2.18 bits per heavy atom. The van der Waals surface area contributed by atoms with Gasteiger partial charge in [0.2, 0.25) is 0 Å². The van der Waals surface area contributed by atoms with Crippen molar-refractivity contribution in [2.45, 2.75) is 6.42 Å². The largest absolute Gasteiger partial charge is 0.319 e. The second-order valence-electron chi connectivity index (χ2n) is 4.62. The normalized spacial score (nSPS) is 19.9. The molecule has 1 atom stereocenters. The molecule has 2 heteroatoms. The quantitative estimate of drug-likeness (QED) is 0.790. The van der Waals surface area contributed by atoms with E-state index in [4.69, 9.17) is 0 Å². The number of nitrogens with one attached hydrogen (secondary N) is 1. The highest BCUT2D eigenvalue weighted by Crippen LogP contribution is 2.14. The van der Waals surface area contributed by atoms with Crippen LogP contribution in [0.1, 0.15) is 12.0 Å². The van der Waals surface area contributed by atoms with Gasteiger partial charge < -0.3 is 5.32 Å². The molecule has 0 aromatic heterocycles. The van der Waals surface area contributed by atoms with Crippen molar-refractivity contribution >= 4 is 0 Å². The fraction of sp³-hybridized carbons (Fsp3) is 0.467. The molecule has 1 aliphatic heterocycles. The van der Waals surface area contributed by atoms with Crippen molar-refractivity contribution in [1.82, 2.24) is 10.2 Å². The Kier molecular flexibility index (Phi) is 4.61. The first-order valence-electron chi connectivity index (χ1n) is 6.29. The van der Waals surface area contributed by atoms with E-state index >= 15 is 0 Å². The minimum absolute atomic E-state index is 0.804. The van der Waals surface area contributed by atoms with Gasteiger partial charge in [-0.2, -0.15) is 0 Å². The Morgan fingerprint density at radius 1 is 1.35 bits per heavy atom. The van der Waals surface area contributed by atoms with Crippen LogP contribution in [0.15, 0.2) is 30.3 Å². The van der Waals surface area contributed by atoms with Gasteiger partial charge in [-0.15, -0.1) is 0 Å². The Hall–Kier alpha value is -1.30. The molecular formula is C15H20N2. The number of hydrogen-bond donors (Lipinski definition) is 1. The average molecular weight is 228 g/mol. The summed E-state index contributed by atoms with van der Waals surface area (Å²) in [5.41, 5.74) is 1.11. The van der Waals surface area contributed by atoms with Crippen LogP contribution in [-0.2, 0) is 0 Å². The number of rotatable bonds is 3. The topological polar surface area (TPSA) is 15.3 Å². The summed E-state index contributed by atoms with van der Waals surface area (Å²) >= 11 is 0. The number of benzene rings is 1. The molecule has 0 saturated carbocycles. The van der Waals surface area contributed by atoms with E-state index in [1.165, 1.54) is 19.5 Å². The van der Waals surface area contributed by atoms with Crippen LogP contribution < -0.4 is 5.32 Å². The smallest absolute Gasteiger partial charge is 0.0605 e. The Bertz CT molecular complexity index is 388. The van der Waals surface area contributed by atoms with Gasteiger partial charge in [-0.05, 0) is 44.6 Å². The molecule has 1 aromatic rings. The lowest BCUT2D eigenvalue weighted by molar-refractivity contribution is 0.362. The molecule has 1 aromatic carbocycles. The Balaban J connectivity index is 1.78. The van der Waals surface area contributed by atoms with Crippen LogP contribution >= 0.6 is 0 Å². The molecule has 0 radical (unpaired) electrons. The van der Waals surface area contributed by atoms with E-state index < -0.39 is 0 Å². The van der Waals surface area contributed by atoms with Crippen molar-refractivity contribution in [3.05, 3.63) is 35.9 Å². The zero-order chi connectivity index (χ0) is 11.9. The molecule has 1 aliphatic rings. The molecule has 0 spiro atoms. The van der Waals surface area contributed by atoms with Crippen molar-refractivity contribution in [3.63, 3.8) is 0 Å². The third kappa shape index (κ3) is 3.89. The van der Waals surface area contributed by atoms with Gasteiger partial charge in [-0.25, -0.2) is 0 Å². The van der Waals surface area contributed by atoms with Gasteiger partial charge in [-0.1, -0.05) is 30.0 Å². The van der Waals surface area contributed by atoms with Crippen molar-refractivity contribution in [3.8, 4) is 11.8 Å². The predicted octanol–water partition coefficient (Wildman–Crippen LogP) is 1.58. The molecule has 0 amide bonds. The maximum atomic E-state index is 3.26. The van der Waals surface area contributed by atoms with E-state index in [1.54, 1.807) is 0 Å². The van der Waals surface area contributed by atoms with E-state index in [-0.39, 0.29) is 0 Å². The standard InChI is InChI=1S/C15H20N2/c1-16-12-15-9-11-17(13-15)10-5-8-14-6-3-2-4-7-14/h2-4,6-7,15-16H,9-13H2,1H3. The van der Waals surface area contributed by atoms with Gasteiger partial charge in [0, 0.05) is 12.1 Å². The SMILES string of the molecule is CNCC1CCN(CC#Cc2ccccc2)C1. The van der Waals surface area contributed by atoms with E-state index in [0.717, 1.165) is 24.6 Å². The lowest BCUT2D eigenvalue weighted by Gasteiger charge is -2.11. The lowest BCUT2D eigenvalue weighted by atomic mass is 10.1. The van der Waals surface area contributed by atoms with Gasteiger partial charge in [-0.3, -0.25) is 4.90 Å². The summed E-state index contributed by atoms with van der Waals surface area (Å²) in [7, 11) is 2.03. The molecule has 17 heavy (non-hydrogen) atoms. The molecule has 1 saturated heterocycles. The Morgan fingerprint density at radius 3 is 2.94 bits per heavy atom. The molecule has 1 fully saturated rings. The van der Waals surface area contributed by atoms with Crippen LogP contribution in [0, 0.1) is 17.8 Å². The van der Waals surface area contributed by atoms with Crippen molar-refractivity contribution in [2.75, 3.05) is 33.2 Å². The minimum Gasteiger partial charge on any atom is -0.319 e. The molecule has 90 valence electrons. The highest BCUT2D eigenvalue weighted by molar-refractivity contribution is 5.33. The van der Waals surface area contributed by atoms with Crippen molar-refractivity contribution in [2.24, 2.45) is 5.92 Å². The van der Waals surface area contributed by atoms with Gasteiger partial charge in [0.05, 0.1) is 6.54 Å². The van der Waals surface area contributed by atoms with Crippen LogP contribution in [0.3, 0.4) is 0 Å². The first-order valence-corrected chi connectivity index (χ1v) is 6.29. The van der Waals surface area contributed by atoms with Crippen molar-refractivity contribution < 1.29 is 0 Å². The molecule has 1 heterocycles. The molecule has 0 aliphatic carbocycles. The summed E-state index contributed by atoms with van der Waals surface area (Å²) in [5.74, 6) is 7.28. The molecule has 2 nitrogen and oxygen atoms in total. The zero-order valence-electron chi connectivity index (χ0n) is 10.4. The van der Waals surface area contributed by atoms with E-state index in [9.17, 15) is 0 Å². The molecule has 0 bridgehead atoms. The van der Waals surface area contributed by atoms with Crippen LogP contribution in [0.25, 0.3) is 0 Å². The summed E-state index contributed by atoms with van der Waals surface area (Å²) < 4.78 is 0. The number of likely N-dealkylation sites (tertiary alicyclic amines) is 1. The third-order valence-electron chi connectivity index (χ3n) is 3.17. The summed E-state index contributed by atoms with van der Waals surface area (Å²) in [6.45, 7) is 4.40. The van der Waals surface area contributed by atoms with Crippen LogP contribution in [0.4, 0.5) is 0 Å². The first kappa shape index (κ1) is 12.2. The summed E-state index contributed by atoms with van der Waals surface area (Å²) in [6, 6.07) is 10.2. The number of nitrogens with zero attached hydrogens (tertiary/aromatic N) is 1. The highest BCUT2D eigenvalue weighted by atomic mass is 15.1. The monoisotopic (exact) mass is 228 g/mol. The van der Waals surface area contributed by atoms with Crippen LogP contribution in [0.2, 0.25) is 0 Å². The zero-order valence-corrected chi connectivity index (χ0v) is 10.4. The fourth-order valence-electron chi connectivity index (χ4n) is 2.29. The van der Waals surface area contributed by atoms with E-state index in [0.29, 0.717) is 0 Å². The van der Waals surface area contributed by atoms with Gasteiger partial charge in [0.15, 0.2) is 0 Å². The minimum atomic E-state index is 0.804. The molecule has 2 rings (SSSR count). The maximum absolute atomic E-state index is 3.26. The Labute approximate surface area is 104 Å². The summed E-state index contributed by atoms with van der Waals surface area (Å²) in [5, 5.41) is 3.25. The number of hydrogen-bond acceptors (Lipinski definition) is 2. The van der Waals surface area contributed by atoms with Crippen LogP contribution in [-0.4, -0.2) is 38.1 Å². The predicted molar refractivity (Wildman–Crippen MR) is 71.8 cm³/mol. The summed E-state index contributed by atoms with van der Waals surface area (Å²) in [4.78, 5) is 2.44. The van der Waals surface area contributed by atoms with Gasteiger partial charge >= 0.3 is 0 Å². The van der Waals surface area contributed by atoms with Crippen molar-refractivity contribution in [1.29, 1.82) is 0 Å². The average Bonchev–Trinajstić information content (AvgIpc) is 2.79. The lowest BCUT2D eigenvalue weighted by Crippen LogP contribution is -2.24. The second-order valence-corrected chi connectivity index (χ2v) is 4.62. The van der Waals surface area contributed by atoms with E-state index in [2.05, 4.69) is 34.2 Å². The molecular weight excluding hydrogens is 208 g/mol. The third-order valence-corrected chi connectivity index (χ3v) is 3.17.